The monoisotopic (exact) mass is 373 g/mol. The van der Waals surface area contributed by atoms with E-state index >= 15 is 0 Å². The zero-order chi connectivity index (χ0) is 19.0. The van der Waals surface area contributed by atoms with Gasteiger partial charge in [0.05, 0.1) is 12.6 Å². The van der Waals surface area contributed by atoms with Gasteiger partial charge in [-0.15, -0.1) is 0 Å². The summed E-state index contributed by atoms with van der Waals surface area (Å²) in [6, 6.07) is 13.6. The summed E-state index contributed by atoms with van der Waals surface area (Å²) in [5, 5.41) is 9.51. The van der Waals surface area contributed by atoms with Crippen LogP contribution < -0.4 is 0 Å². The Morgan fingerprint density at radius 1 is 1.15 bits per heavy atom. The number of aliphatic hydroxyl groups is 1. The molecule has 6 heteroatoms. The highest BCUT2D eigenvalue weighted by atomic mass is 19.1. The molecule has 2 heterocycles. The van der Waals surface area contributed by atoms with Crippen LogP contribution in [0.25, 0.3) is 0 Å². The van der Waals surface area contributed by atoms with Crippen LogP contribution in [0.1, 0.15) is 29.2 Å². The number of fused-ring (bicyclic) bond motifs is 1. The van der Waals surface area contributed by atoms with E-state index in [1.807, 2.05) is 24.3 Å². The number of rotatable bonds is 2. The van der Waals surface area contributed by atoms with Crippen LogP contribution in [0.4, 0.5) is 8.78 Å². The topological polar surface area (TPSA) is 49.8 Å². The van der Waals surface area contributed by atoms with Gasteiger partial charge in [0.1, 0.15) is 24.2 Å². The molecule has 2 aliphatic heterocycles. The van der Waals surface area contributed by atoms with Crippen LogP contribution in [0.15, 0.2) is 48.5 Å². The van der Waals surface area contributed by atoms with Gasteiger partial charge < -0.3 is 14.7 Å². The number of amides is 1. The van der Waals surface area contributed by atoms with E-state index in [9.17, 15) is 18.7 Å². The number of ether oxygens (including phenoxy) is 1. The highest BCUT2D eigenvalue weighted by molar-refractivity contribution is 5.82. The lowest BCUT2D eigenvalue weighted by Crippen LogP contribution is -2.50. The first kappa shape index (κ1) is 18.1. The molecule has 1 fully saturated rings. The molecule has 0 spiro atoms. The van der Waals surface area contributed by atoms with E-state index in [4.69, 9.17) is 4.74 Å². The van der Waals surface area contributed by atoms with Crippen LogP contribution in [0, 0.1) is 5.82 Å². The molecule has 4 nitrogen and oxygen atoms in total. The standard InChI is InChI=1S/C21H21F2NO3/c22-15-7-5-14(6-8-15)20-16-4-2-1-3-13(16)9-10-24(20)21(26)19-11-17(23)18(25)12-27-19/h1-8,17-20,25H,9-12H2/t17-,18-,19+,20+/m1/s1. The number of alkyl halides is 1. The first-order valence-electron chi connectivity index (χ1n) is 9.12. The molecule has 27 heavy (non-hydrogen) atoms. The average molecular weight is 373 g/mol. The molecule has 2 aliphatic rings. The third-order valence-electron chi connectivity index (χ3n) is 5.35. The number of hydrogen-bond donors (Lipinski definition) is 1. The molecule has 0 saturated carbocycles. The molecule has 1 amide bonds. The molecule has 4 atom stereocenters. The van der Waals surface area contributed by atoms with Crippen molar-refractivity contribution in [1.82, 2.24) is 4.90 Å². The summed E-state index contributed by atoms with van der Waals surface area (Å²) in [7, 11) is 0. The van der Waals surface area contributed by atoms with Gasteiger partial charge in [0.15, 0.2) is 0 Å². The Morgan fingerprint density at radius 3 is 2.63 bits per heavy atom. The quantitative estimate of drug-likeness (QED) is 0.881. The van der Waals surface area contributed by atoms with Gasteiger partial charge in [-0.1, -0.05) is 36.4 Å². The molecule has 0 bridgehead atoms. The van der Waals surface area contributed by atoms with Crippen LogP contribution in [-0.2, 0) is 16.0 Å². The number of aliphatic hydroxyl groups excluding tert-OH is 1. The van der Waals surface area contributed by atoms with Gasteiger partial charge in [0.2, 0.25) is 0 Å². The van der Waals surface area contributed by atoms with Gasteiger partial charge in [0, 0.05) is 13.0 Å². The average Bonchev–Trinajstić information content (AvgIpc) is 2.69. The highest BCUT2D eigenvalue weighted by Crippen LogP contribution is 2.36. The minimum atomic E-state index is -1.48. The molecular weight excluding hydrogens is 352 g/mol. The van der Waals surface area contributed by atoms with Crippen molar-refractivity contribution in [1.29, 1.82) is 0 Å². The summed E-state index contributed by atoms with van der Waals surface area (Å²) in [5.41, 5.74) is 2.92. The van der Waals surface area contributed by atoms with Gasteiger partial charge in [-0.2, -0.15) is 0 Å². The molecule has 142 valence electrons. The lowest BCUT2D eigenvalue weighted by atomic mass is 9.87. The normalized spacial score (nSPS) is 27.9. The van der Waals surface area contributed by atoms with E-state index in [0.717, 1.165) is 16.7 Å². The van der Waals surface area contributed by atoms with E-state index in [1.165, 1.54) is 12.1 Å². The SMILES string of the molecule is O=C([C@@H]1C[C@@H](F)[C@H](O)CO1)N1CCc2ccccc2[C@@H]1c1ccc(F)cc1. The minimum Gasteiger partial charge on any atom is -0.388 e. The van der Waals surface area contributed by atoms with Gasteiger partial charge in [0.25, 0.3) is 5.91 Å². The van der Waals surface area contributed by atoms with E-state index in [-0.39, 0.29) is 30.8 Å². The van der Waals surface area contributed by atoms with Crippen LogP contribution in [-0.4, -0.2) is 47.4 Å². The fourth-order valence-corrected chi connectivity index (χ4v) is 3.91. The molecule has 1 N–H and O–H groups in total. The molecule has 0 unspecified atom stereocenters. The third-order valence-corrected chi connectivity index (χ3v) is 5.35. The first-order chi connectivity index (χ1) is 13.0. The Labute approximate surface area is 156 Å². The molecule has 4 rings (SSSR count). The van der Waals surface area contributed by atoms with E-state index in [1.54, 1.807) is 17.0 Å². The summed E-state index contributed by atoms with van der Waals surface area (Å²) < 4.78 is 32.8. The number of halogens is 2. The summed E-state index contributed by atoms with van der Waals surface area (Å²) in [6.07, 6.45) is -3.06. The third kappa shape index (κ3) is 3.47. The smallest absolute Gasteiger partial charge is 0.252 e. The summed E-state index contributed by atoms with van der Waals surface area (Å²) in [6.45, 7) is 0.278. The molecule has 2 aromatic rings. The van der Waals surface area contributed by atoms with Gasteiger partial charge in [-0.25, -0.2) is 8.78 Å². The maximum Gasteiger partial charge on any atom is 0.252 e. The van der Waals surface area contributed by atoms with E-state index in [2.05, 4.69) is 0 Å². The Bertz CT molecular complexity index is 826. The van der Waals surface area contributed by atoms with E-state index < -0.39 is 18.4 Å². The summed E-state index contributed by atoms with van der Waals surface area (Å²) in [5.74, 6) is -0.640. The number of carbonyl (C=O) groups excluding carboxylic acids is 1. The molecule has 0 radical (unpaired) electrons. The molecule has 1 saturated heterocycles. The minimum absolute atomic E-state index is 0.158. The number of benzene rings is 2. The van der Waals surface area contributed by atoms with Gasteiger partial charge in [-0.05, 0) is 35.2 Å². The van der Waals surface area contributed by atoms with Gasteiger partial charge >= 0.3 is 0 Å². The van der Waals surface area contributed by atoms with Crippen LogP contribution in [0.3, 0.4) is 0 Å². The fourth-order valence-electron chi connectivity index (χ4n) is 3.91. The maximum atomic E-state index is 13.9. The second kappa shape index (κ2) is 7.37. The number of nitrogens with zero attached hydrogens (tertiary/aromatic N) is 1. The predicted octanol–water partition coefficient (Wildman–Crippen LogP) is 2.79. The van der Waals surface area contributed by atoms with Crippen molar-refractivity contribution >= 4 is 5.91 Å². The first-order valence-corrected chi connectivity index (χ1v) is 9.12. The van der Waals surface area contributed by atoms with Crippen molar-refractivity contribution in [3.63, 3.8) is 0 Å². The lowest BCUT2D eigenvalue weighted by Gasteiger charge is -2.40. The summed E-state index contributed by atoms with van der Waals surface area (Å²) >= 11 is 0. The van der Waals surface area contributed by atoms with Crippen molar-refractivity contribution in [3.05, 3.63) is 71.0 Å². The second-order valence-corrected chi connectivity index (χ2v) is 7.08. The predicted molar refractivity (Wildman–Crippen MR) is 95.4 cm³/mol. The largest absolute Gasteiger partial charge is 0.388 e. The second-order valence-electron chi connectivity index (χ2n) is 7.08. The summed E-state index contributed by atoms with van der Waals surface area (Å²) in [4.78, 5) is 14.8. The number of carbonyl (C=O) groups is 1. The number of hydrogen-bond acceptors (Lipinski definition) is 3. The highest BCUT2D eigenvalue weighted by Gasteiger charge is 2.40. The van der Waals surface area contributed by atoms with Crippen molar-refractivity contribution in [2.75, 3.05) is 13.2 Å². The Kier molecular flexibility index (Phi) is 4.93. The zero-order valence-electron chi connectivity index (χ0n) is 14.7. The Hall–Kier alpha value is -2.31. The maximum absolute atomic E-state index is 13.9. The van der Waals surface area contributed by atoms with E-state index in [0.29, 0.717) is 13.0 Å². The molecule has 0 aromatic heterocycles. The zero-order valence-corrected chi connectivity index (χ0v) is 14.7. The molecule has 2 aromatic carbocycles. The van der Waals surface area contributed by atoms with Crippen molar-refractivity contribution in [3.8, 4) is 0 Å². The Balaban J connectivity index is 1.68. The van der Waals surface area contributed by atoms with Crippen molar-refractivity contribution in [2.24, 2.45) is 0 Å². The van der Waals surface area contributed by atoms with Crippen LogP contribution in [0.2, 0.25) is 0 Å². The Morgan fingerprint density at radius 2 is 1.89 bits per heavy atom. The van der Waals surface area contributed by atoms with Crippen LogP contribution >= 0.6 is 0 Å². The lowest BCUT2D eigenvalue weighted by molar-refractivity contribution is -0.159. The van der Waals surface area contributed by atoms with Gasteiger partial charge in [-0.3, -0.25) is 4.79 Å². The van der Waals surface area contributed by atoms with Crippen LogP contribution in [0.5, 0.6) is 0 Å². The fraction of sp³-hybridized carbons (Fsp3) is 0.381. The molecule has 0 aliphatic carbocycles. The van der Waals surface area contributed by atoms with Crippen molar-refractivity contribution in [2.45, 2.75) is 37.3 Å². The molecular formula is C21H21F2NO3. The van der Waals surface area contributed by atoms with Crippen molar-refractivity contribution < 1.29 is 23.4 Å².